The molecule has 1 heterocycles. The van der Waals surface area contributed by atoms with Gasteiger partial charge in [0.15, 0.2) is 6.61 Å². The number of piperidine rings is 1. The SMILES string of the molecule is CC(=O)CCc1ccc(OCC(=O)NC(C)CN2CC(C)CC(C)C2)cc1. The van der Waals surface area contributed by atoms with Gasteiger partial charge < -0.3 is 19.7 Å². The average Bonchev–Trinajstić information content (AvgIpc) is 2.58. The molecular weight excluding hydrogens is 340 g/mol. The maximum absolute atomic E-state index is 12.1. The molecule has 2 rings (SSSR count). The van der Waals surface area contributed by atoms with Crippen LogP contribution in [0.25, 0.3) is 0 Å². The topological polar surface area (TPSA) is 58.6 Å². The van der Waals surface area contributed by atoms with Crippen molar-refractivity contribution in [3.8, 4) is 5.75 Å². The number of carbonyl (C=O) groups excluding carboxylic acids is 2. The van der Waals surface area contributed by atoms with Crippen LogP contribution in [0.15, 0.2) is 24.3 Å². The number of Topliss-reactive ketones (excluding diaryl/α,β-unsaturated/α-hetero) is 1. The largest absolute Gasteiger partial charge is 0.484 e. The van der Waals surface area contributed by atoms with Gasteiger partial charge in [-0.25, -0.2) is 0 Å². The summed E-state index contributed by atoms with van der Waals surface area (Å²) in [5.41, 5.74) is 1.10. The molecule has 0 saturated carbocycles. The lowest BCUT2D eigenvalue weighted by molar-refractivity contribution is -0.123. The molecule has 1 fully saturated rings. The lowest BCUT2D eigenvalue weighted by Crippen LogP contribution is -2.47. The number of ketones is 1. The first-order valence-electron chi connectivity index (χ1n) is 10.0. The van der Waals surface area contributed by atoms with Crippen molar-refractivity contribution in [3.05, 3.63) is 29.8 Å². The minimum atomic E-state index is -0.0961. The van der Waals surface area contributed by atoms with E-state index >= 15 is 0 Å². The Morgan fingerprint density at radius 2 is 1.81 bits per heavy atom. The Morgan fingerprint density at radius 1 is 1.19 bits per heavy atom. The molecule has 0 radical (unpaired) electrons. The third kappa shape index (κ3) is 8.12. The number of aryl methyl sites for hydroxylation is 1. The summed E-state index contributed by atoms with van der Waals surface area (Å²) in [6, 6.07) is 7.69. The summed E-state index contributed by atoms with van der Waals surface area (Å²) in [5, 5.41) is 3.03. The van der Waals surface area contributed by atoms with Gasteiger partial charge >= 0.3 is 0 Å². The molecule has 0 aromatic heterocycles. The molecule has 5 heteroatoms. The van der Waals surface area contributed by atoms with Crippen LogP contribution in [0, 0.1) is 11.8 Å². The van der Waals surface area contributed by atoms with Gasteiger partial charge in [0.1, 0.15) is 11.5 Å². The average molecular weight is 375 g/mol. The molecule has 0 aliphatic carbocycles. The second-order valence-corrected chi connectivity index (χ2v) is 8.27. The standard InChI is InChI=1S/C22H34N2O3/c1-16-11-17(2)13-24(12-16)14-18(3)23-22(26)15-27-21-9-7-20(8-10-21)6-5-19(4)25/h7-10,16-18H,5-6,11-15H2,1-4H3,(H,23,26). The van der Waals surface area contributed by atoms with Crippen LogP contribution >= 0.6 is 0 Å². The van der Waals surface area contributed by atoms with Crippen LogP contribution in [-0.4, -0.2) is 48.9 Å². The molecule has 3 atom stereocenters. The van der Waals surface area contributed by atoms with E-state index in [1.807, 2.05) is 31.2 Å². The Hall–Kier alpha value is -1.88. The fourth-order valence-electron chi connectivity index (χ4n) is 3.91. The number of hydrogen-bond acceptors (Lipinski definition) is 4. The highest BCUT2D eigenvalue weighted by atomic mass is 16.5. The van der Waals surface area contributed by atoms with Crippen LogP contribution in [-0.2, 0) is 16.0 Å². The smallest absolute Gasteiger partial charge is 0.258 e. The van der Waals surface area contributed by atoms with Crippen molar-refractivity contribution in [1.82, 2.24) is 10.2 Å². The zero-order chi connectivity index (χ0) is 19.8. The fraction of sp³-hybridized carbons (Fsp3) is 0.636. The first-order chi connectivity index (χ1) is 12.8. The number of rotatable bonds is 9. The molecule has 1 saturated heterocycles. The summed E-state index contributed by atoms with van der Waals surface area (Å²) in [4.78, 5) is 25.6. The van der Waals surface area contributed by atoms with Crippen molar-refractivity contribution < 1.29 is 14.3 Å². The molecule has 1 aliphatic heterocycles. The van der Waals surface area contributed by atoms with Crippen molar-refractivity contribution in [2.45, 2.75) is 53.0 Å². The lowest BCUT2D eigenvalue weighted by Gasteiger charge is -2.36. The Balaban J connectivity index is 1.69. The van der Waals surface area contributed by atoms with Crippen molar-refractivity contribution in [3.63, 3.8) is 0 Å². The molecule has 1 aromatic carbocycles. The van der Waals surface area contributed by atoms with Crippen LogP contribution in [0.4, 0.5) is 0 Å². The van der Waals surface area contributed by atoms with Crippen LogP contribution in [0.3, 0.4) is 0 Å². The molecule has 150 valence electrons. The zero-order valence-electron chi connectivity index (χ0n) is 17.2. The van der Waals surface area contributed by atoms with E-state index in [-0.39, 0.29) is 24.3 Å². The number of carbonyl (C=O) groups is 2. The van der Waals surface area contributed by atoms with Crippen LogP contribution < -0.4 is 10.1 Å². The van der Waals surface area contributed by atoms with Crippen molar-refractivity contribution >= 4 is 11.7 Å². The third-order valence-corrected chi connectivity index (χ3v) is 4.94. The lowest BCUT2D eigenvalue weighted by atomic mass is 9.92. The van der Waals surface area contributed by atoms with Crippen molar-refractivity contribution in [2.75, 3.05) is 26.2 Å². The number of benzene rings is 1. The van der Waals surface area contributed by atoms with Gasteiger partial charge in [-0.3, -0.25) is 4.79 Å². The highest BCUT2D eigenvalue weighted by molar-refractivity contribution is 5.77. The molecule has 1 aromatic rings. The highest BCUT2D eigenvalue weighted by Gasteiger charge is 2.23. The van der Waals surface area contributed by atoms with Crippen LogP contribution in [0.2, 0.25) is 0 Å². The van der Waals surface area contributed by atoms with Gasteiger partial charge in [0.2, 0.25) is 0 Å². The zero-order valence-corrected chi connectivity index (χ0v) is 17.2. The van der Waals surface area contributed by atoms with E-state index in [9.17, 15) is 9.59 Å². The molecule has 5 nitrogen and oxygen atoms in total. The summed E-state index contributed by atoms with van der Waals surface area (Å²) in [6.07, 6.45) is 2.58. The minimum Gasteiger partial charge on any atom is -0.484 e. The number of nitrogens with one attached hydrogen (secondary N) is 1. The van der Waals surface area contributed by atoms with E-state index in [2.05, 4.69) is 24.1 Å². The number of hydrogen-bond donors (Lipinski definition) is 1. The maximum Gasteiger partial charge on any atom is 0.258 e. The number of ether oxygens (including phenoxy) is 1. The molecule has 0 spiro atoms. The molecular formula is C22H34N2O3. The van der Waals surface area contributed by atoms with E-state index in [0.717, 1.165) is 43.5 Å². The quantitative estimate of drug-likeness (QED) is 0.722. The van der Waals surface area contributed by atoms with Gasteiger partial charge in [0.05, 0.1) is 0 Å². The summed E-state index contributed by atoms with van der Waals surface area (Å²) in [5.74, 6) is 2.20. The Morgan fingerprint density at radius 3 is 2.41 bits per heavy atom. The molecule has 3 unspecified atom stereocenters. The Labute approximate surface area is 163 Å². The van der Waals surface area contributed by atoms with Gasteiger partial charge in [-0.2, -0.15) is 0 Å². The summed E-state index contributed by atoms with van der Waals surface area (Å²) < 4.78 is 5.58. The van der Waals surface area contributed by atoms with E-state index in [0.29, 0.717) is 12.2 Å². The van der Waals surface area contributed by atoms with Crippen molar-refractivity contribution in [2.24, 2.45) is 11.8 Å². The second-order valence-electron chi connectivity index (χ2n) is 8.27. The number of likely N-dealkylation sites (tertiary alicyclic amines) is 1. The van der Waals surface area contributed by atoms with Gasteiger partial charge in [-0.05, 0) is 56.2 Å². The van der Waals surface area contributed by atoms with Gasteiger partial charge in [-0.15, -0.1) is 0 Å². The van der Waals surface area contributed by atoms with E-state index < -0.39 is 0 Å². The first kappa shape index (κ1) is 21.4. The van der Waals surface area contributed by atoms with Gasteiger partial charge in [0.25, 0.3) is 5.91 Å². The van der Waals surface area contributed by atoms with E-state index in [1.165, 1.54) is 6.42 Å². The second kappa shape index (κ2) is 10.5. The fourth-order valence-corrected chi connectivity index (χ4v) is 3.91. The first-order valence-corrected chi connectivity index (χ1v) is 10.0. The normalized spacial score (nSPS) is 21.5. The number of amides is 1. The third-order valence-electron chi connectivity index (χ3n) is 4.94. The molecule has 27 heavy (non-hydrogen) atoms. The predicted molar refractivity (Wildman–Crippen MR) is 108 cm³/mol. The molecule has 1 amide bonds. The summed E-state index contributed by atoms with van der Waals surface area (Å²) >= 11 is 0. The molecule has 0 bridgehead atoms. The van der Waals surface area contributed by atoms with Gasteiger partial charge in [0, 0.05) is 32.1 Å². The Kier molecular flexibility index (Phi) is 8.29. The van der Waals surface area contributed by atoms with Crippen LogP contribution in [0.5, 0.6) is 5.75 Å². The molecule has 1 aliphatic rings. The number of nitrogens with zero attached hydrogens (tertiary/aromatic N) is 1. The minimum absolute atomic E-state index is 0.0178. The summed E-state index contributed by atoms with van der Waals surface area (Å²) in [7, 11) is 0. The maximum atomic E-state index is 12.1. The van der Waals surface area contributed by atoms with E-state index in [1.54, 1.807) is 6.92 Å². The van der Waals surface area contributed by atoms with Gasteiger partial charge in [-0.1, -0.05) is 26.0 Å². The van der Waals surface area contributed by atoms with Crippen LogP contribution in [0.1, 0.15) is 46.1 Å². The monoisotopic (exact) mass is 374 g/mol. The predicted octanol–water partition coefficient (Wildman–Crippen LogP) is 3.07. The Bertz CT molecular complexity index is 604. The van der Waals surface area contributed by atoms with E-state index in [4.69, 9.17) is 4.74 Å². The summed E-state index contributed by atoms with van der Waals surface area (Å²) in [6.45, 7) is 11.4. The van der Waals surface area contributed by atoms with Crippen molar-refractivity contribution in [1.29, 1.82) is 0 Å². The molecule has 1 N–H and O–H groups in total. The highest BCUT2D eigenvalue weighted by Crippen LogP contribution is 2.20.